The zero-order valence-electron chi connectivity index (χ0n) is 8.48. The first-order valence-corrected chi connectivity index (χ1v) is 4.29. The first-order chi connectivity index (χ1) is 6.75. The fourth-order valence-corrected chi connectivity index (χ4v) is 1.26. The summed E-state index contributed by atoms with van der Waals surface area (Å²) >= 11 is 0. The summed E-state index contributed by atoms with van der Waals surface area (Å²) in [6.45, 7) is 0. The predicted octanol–water partition coefficient (Wildman–Crippen LogP) is 1.95. The van der Waals surface area contributed by atoms with Gasteiger partial charge in [-0.05, 0) is 35.5 Å². The zero-order chi connectivity index (χ0) is 9.97. The van der Waals surface area contributed by atoms with Crippen molar-refractivity contribution in [1.29, 1.82) is 0 Å². The van der Waals surface area contributed by atoms with Gasteiger partial charge in [0.25, 0.3) is 0 Å². The highest BCUT2D eigenvalue weighted by Gasteiger charge is 2.02. The molecule has 0 radical (unpaired) electrons. The molecule has 0 atom stereocenters. The maximum Gasteiger partial charge on any atom is 0.0212 e. The van der Waals surface area contributed by atoms with Crippen LogP contribution in [0.4, 0.5) is 0 Å². The summed E-state index contributed by atoms with van der Waals surface area (Å²) in [5.74, 6) is 11.0. The van der Waals surface area contributed by atoms with E-state index in [1.807, 2.05) is 24.3 Å². The van der Waals surface area contributed by atoms with E-state index in [4.69, 9.17) is 11.7 Å². The van der Waals surface area contributed by atoms with Crippen molar-refractivity contribution < 1.29 is 0 Å². The van der Waals surface area contributed by atoms with Gasteiger partial charge >= 0.3 is 0 Å². The summed E-state index contributed by atoms with van der Waals surface area (Å²) in [4.78, 5) is 0. The fraction of sp³-hybridized carbons (Fsp3) is 0. The van der Waals surface area contributed by atoms with Crippen molar-refractivity contribution in [2.75, 3.05) is 0 Å². The van der Waals surface area contributed by atoms with Crippen LogP contribution in [0.3, 0.4) is 0 Å². The van der Waals surface area contributed by atoms with Crippen molar-refractivity contribution >= 4 is 48.0 Å². The molecule has 0 unspecified atom stereocenters. The number of hydrogen-bond donors (Lipinski definition) is 2. The van der Waals surface area contributed by atoms with Gasteiger partial charge < -0.3 is 0 Å². The minimum absolute atomic E-state index is 0. The zero-order valence-corrected chi connectivity index (χ0v) is 13.1. The van der Waals surface area contributed by atoms with E-state index in [1.54, 1.807) is 24.8 Å². The highest BCUT2D eigenvalue weighted by Crippen LogP contribution is 2.17. The lowest BCUT2D eigenvalue weighted by atomic mass is 10.1. The van der Waals surface area contributed by atoms with Crippen LogP contribution < -0.4 is 11.7 Å². The molecule has 6 heteroatoms. The van der Waals surface area contributed by atoms with E-state index in [-0.39, 0.29) is 48.0 Å². The molecule has 0 aliphatic carbocycles. The van der Waals surface area contributed by atoms with Gasteiger partial charge in [0.15, 0.2) is 0 Å². The second-order valence-electron chi connectivity index (χ2n) is 3.07. The molecule has 4 nitrogen and oxygen atoms in total. The smallest absolute Gasteiger partial charge is 0.0212 e. The van der Waals surface area contributed by atoms with Gasteiger partial charge in [0.2, 0.25) is 0 Å². The van der Waals surface area contributed by atoms with Crippen LogP contribution in [0.15, 0.2) is 60.3 Å². The second kappa shape index (κ2) is 7.09. The van der Waals surface area contributed by atoms with Crippen LogP contribution in [0.5, 0.6) is 0 Å². The Hall–Kier alpha value is -0.320. The molecule has 0 aromatic carbocycles. The SMILES string of the molecule is I.I.NN1C=CC(=C2C=CN(N)C=C2)C=C1. The molecule has 0 spiro atoms. The Bertz CT molecular complexity index is 314. The van der Waals surface area contributed by atoms with Gasteiger partial charge in [-0.15, -0.1) is 48.0 Å². The Morgan fingerprint density at radius 1 is 0.625 bits per heavy atom. The van der Waals surface area contributed by atoms with Gasteiger partial charge in [-0.1, -0.05) is 0 Å². The van der Waals surface area contributed by atoms with E-state index in [0.717, 1.165) is 11.1 Å². The number of nitrogens with zero attached hydrogens (tertiary/aromatic N) is 2. The fourth-order valence-electron chi connectivity index (χ4n) is 1.26. The molecule has 2 heterocycles. The van der Waals surface area contributed by atoms with Crippen LogP contribution in [-0.2, 0) is 0 Å². The summed E-state index contributed by atoms with van der Waals surface area (Å²) in [5, 5.41) is 3.02. The molecule has 2 aliphatic rings. The van der Waals surface area contributed by atoms with Gasteiger partial charge in [-0.25, -0.2) is 11.7 Å². The van der Waals surface area contributed by atoms with Crippen molar-refractivity contribution in [2.24, 2.45) is 11.7 Å². The van der Waals surface area contributed by atoms with Crippen LogP contribution in [0.2, 0.25) is 0 Å². The van der Waals surface area contributed by atoms with Crippen molar-refractivity contribution in [1.82, 2.24) is 10.0 Å². The summed E-state index contributed by atoms with van der Waals surface area (Å²) in [7, 11) is 0. The molecule has 0 saturated heterocycles. The van der Waals surface area contributed by atoms with E-state index < -0.39 is 0 Å². The molecule has 0 bridgehead atoms. The molecule has 0 aromatic rings. The number of halogens is 2. The Labute approximate surface area is 129 Å². The Morgan fingerprint density at radius 3 is 1.12 bits per heavy atom. The number of rotatable bonds is 0. The predicted molar refractivity (Wildman–Crippen MR) is 86.5 cm³/mol. The molecule has 16 heavy (non-hydrogen) atoms. The monoisotopic (exact) mass is 444 g/mol. The van der Waals surface area contributed by atoms with Crippen LogP contribution in [0, 0.1) is 0 Å². The van der Waals surface area contributed by atoms with Crippen molar-refractivity contribution in [3.05, 3.63) is 60.3 Å². The van der Waals surface area contributed by atoms with E-state index in [0.29, 0.717) is 0 Å². The Kier molecular flexibility index (Phi) is 6.95. The average Bonchev–Trinajstić information content (AvgIpc) is 2.21. The van der Waals surface area contributed by atoms with E-state index >= 15 is 0 Å². The molecular weight excluding hydrogens is 430 g/mol. The highest BCUT2D eigenvalue weighted by molar-refractivity contribution is 14.0. The van der Waals surface area contributed by atoms with Crippen molar-refractivity contribution in [3.63, 3.8) is 0 Å². The lowest BCUT2D eigenvalue weighted by Gasteiger charge is -2.16. The minimum atomic E-state index is 0. The van der Waals surface area contributed by atoms with Gasteiger partial charge in [-0.2, -0.15) is 0 Å². The van der Waals surface area contributed by atoms with Gasteiger partial charge in [0, 0.05) is 24.8 Å². The van der Waals surface area contributed by atoms with Crippen LogP contribution in [-0.4, -0.2) is 10.0 Å². The van der Waals surface area contributed by atoms with Crippen molar-refractivity contribution in [2.45, 2.75) is 0 Å². The molecule has 4 N–H and O–H groups in total. The molecule has 0 amide bonds. The van der Waals surface area contributed by atoms with E-state index in [9.17, 15) is 0 Å². The summed E-state index contributed by atoms with van der Waals surface area (Å²) in [5.41, 5.74) is 2.24. The first kappa shape index (κ1) is 15.7. The molecule has 0 saturated carbocycles. The largest absolute Gasteiger partial charge is 0.294 e. The number of hydrogen-bond acceptors (Lipinski definition) is 4. The molecule has 2 aliphatic heterocycles. The number of allylic oxidation sites excluding steroid dienone is 6. The summed E-state index contributed by atoms with van der Waals surface area (Å²) in [6, 6.07) is 0. The molecule has 0 aromatic heterocycles. The third-order valence-electron chi connectivity index (χ3n) is 2.04. The third kappa shape index (κ3) is 3.92. The number of hydrazine groups is 2. The van der Waals surface area contributed by atoms with Gasteiger partial charge in [0.1, 0.15) is 0 Å². The van der Waals surface area contributed by atoms with Crippen LogP contribution in [0.1, 0.15) is 0 Å². The number of nitrogens with two attached hydrogens (primary N) is 2. The Morgan fingerprint density at radius 2 is 0.875 bits per heavy atom. The normalized spacial score (nSPS) is 17.4. The van der Waals surface area contributed by atoms with Crippen molar-refractivity contribution in [3.8, 4) is 0 Å². The van der Waals surface area contributed by atoms with E-state index in [1.165, 1.54) is 10.0 Å². The second-order valence-corrected chi connectivity index (χ2v) is 3.07. The summed E-state index contributed by atoms with van der Waals surface area (Å²) in [6.07, 6.45) is 15.0. The standard InChI is InChI=1S/C10H12N4.2HI/c11-13-5-1-9(2-6-13)10-3-7-14(12)8-4-10;;/h1-8H,11-12H2;2*1H. The lowest BCUT2D eigenvalue weighted by Crippen LogP contribution is -2.20. The highest BCUT2D eigenvalue weighted by atomic mass is 127. The lowest BCUT2D eigenvalue weighted by molar-refractivity contribution is 0.533. The van der Waals surface area contributed by atoms with E-state index in [2.05, 4.69) is 0 Å². The molecule has 2 rings (SSSR count). The maximum absolute atomic E-state index is 5.52. The summed E-state index contributed by atoms with van der Waals surface area (Å²) < 4.78 is 0. The minimum Gasteiger partial charge on any atom is -0.294 e. The maximum atomic E-state index is 5.52. The van der Waals surface area contributed by atoms with Gasteiger partial charge in [0.05, 0.1) is 0 Å². The van der Waals surface area contributed by atoms with Crippen LogP contribution in [0.25, 0.3) is 0 Å². The quantitative estimate of drug-likeness (QED) is 0.444. The molecular formula is C10H14I2N4. The van der Waals surface area contributed by atoms with Crippen LogP contribution >= 0.6 is 48.0 Å². The average molecular weight is 444 g/mol. The van der Waals surface area contributed by atoms with Gasteiger partial charge in [-0.3, -0.25) is 10.0 Å². The molecule has 0 fully saturated rings. The Balaban J connectivity index is 0.00000112. The topological polar surface area (TPSA) is 58.5 Å². The molecule has 88 valence electrons. The third-order valence-corrected chi connectivity index (χ3v) is 2.04. The first-order valence-electron chi connectivity index (χ1n) is 4.29.